The van der Waals surface area contributed by atoms with Gasteiger partial charge in [-0.3, -0.25) is 13.7 Å². The average molecular weight is 467 g/mol. The molecule has 2 aromatic rings. The monoisotopic (exact) mass is 467 g/mol. The van der Waals surface area contributed by atoms with Gasteiger partial charge in [0, 0.05) is 11.1 Å². The van der Waals surface area contributed by atoms with Crippen LogP contribution >= 0.6 is 15.6 Å². The van der Waals surface area contributed by atoms with E-state index < -0.39 is 28.2 Å². The Hall–Kier alpha value is -2.42. The number of carbonyl (C=O) groups is 2. The average Bonchev–Trinajstić information content (AvgIpc) is 2.70. The van der Waals surface area contributed by atoms with Crippen LogP contribution in [-0.4, -0.2) is 25.0 Å². The van der Waals surface area contributed by atoms with Gasteiger partial charge in [-0.05, 0) is 24.6 Å². The lowest BCUT2D eigenvalue weighted by molar-refractivity contribution is -0.339. The van der Waals surface area contributed by atoms with E-state index >= 15 is 0 Å². The molecule has 0 spiro atoms. The molecular weight excluding hydrogens is 450 g/mol. The summed E-state index contributed by atoms with van der Waals surface area (Å²) in [4.78, 5) is 56.2. The smallest absolute Gasteiger partial charge is 0.338 e. The quantitative estimate of drug-likeness (QED) is 0.215. The molecule has 0 N–H and O–H groups in total. The highest BCUT2D eigenvalue weighted by atomic mass is 31.3. The van der Waals surface area contributed by atoms with Crippen LogP contribution in [-0.2, 0) is 22.7 Å². The van der Waals surface area contributed by atoms with E-state index in [1.54, 1.807) is 30.3 Å². The molecule has 0 amide bonds. The van der Waals surface area contributed by atoms with Gasteiger partial charge in [0.2, 0.25) is 0 Å². The maximum absolute atomic E-state index is 12.4. The second-order valence-electron chi connectivity index (χ2n) is 6.17. The SMILES string of the molecule is C/C(=C\COP(=O)([O-])OP(=O)([O-])[O-])COC(=O)c1ccc(C(=O)c2ccccc2)cc1. The van der Waals surface area contributed by atoms with Crippen molar-refractivity contribution in [2.45, 2.75) is 6.92 Å². The molecule has 2 rings (SSSR count). The van der Waals surface area contributed by atoms with Gasteiger partial charge in [0.1, 0.15) is 6.61 Å². The van der Waals surface area contributed by atoms with Gasteiger partial charge >= 0.3 is 5.97 Å². The lowest BCUT2D eigenvalue weighted by Gasteiger charge is -2.34. The fourth-order valence-corrected chi connectivity index (χ4v) is 3.68. The number of carbonyl (C=O) groups excluding carboxylic acids is 2. The first-order valence-electron chi connectivity index (χ1n) is 8.68. The number of esters is 1. The third kappa shape index (κ3) is 8.69. The highest BCUT2D eigenvalue weighted by Gasteiger charge is 2.13. The van der Waals surface area contributed by atoms with Crippen molar-refractivity contribution in [3.63, 3.8) is 0 Å². The molecule has 0 aliphatic carbocycles. The second kappa shape index (κ2) is 10.7. The van der Waals surface area contributed by atoms with Crippen LogP contribution in [0.5, 0.6) is 0 Å². The Balaban J connectivity index is 1.86. The van der Waals surface area contributed by atoms with Crippen LogP contribution in [0.25, 0.3) is 0 Å². The first-order chi connectivity index (χ1) is 14.5. The van der Waals surface area contributed by atoms with E-state index in [0.717, 1.165) is 0 Å². The van der Waals surface area contributed by atoms with Gasteiger partial charge in [-0.2, -0.15) is 0 Å². The molecule has 2 aromatic carbocycles. The second-order valence-corrected chi connectivity index (χ2v) is 8.87. The zero-order valence-electron chi connectivity index (χ0n) is 16.2. The third-order valence-corrected chi connectivity index (χ3v) is 5.78. The van der Waals surface area contributed by atoms with Gasteiger partial charge in [-0.1, -0.05) is 48.5 Å². The molecule has 0 fully saturated rings. The molecule has 0 saturated heterocycles. The van der Waals surface area contributed by atoms with Crippen LogP contribution in [0.3, 0.4) is 0 Å². The van der Waals surface area contributed by atoms with Crippen molar-refractivity contribution in [1.29, 1.82) is 0 Å². The van der Waals surface area contributed by atoms with Crippen molar-refractivity contribution in [1.82, 2.24) is 0 Å². The van der Waals surface area contributed by atoms with Gasteiger partial charge in [0.05, 0.1) is 20.0 Å². The van der Waals surface area contributed by atoms with E-state index in [2.05, 4.69) is 8.83 Å². The van der Waals surface area contributed by atoms with E-state index in [9.17, 15) is 33.4 Å². The largest absolute Gasteiger partial charge is 0.790 e. The standard InChI is InChI=1S/C19H20O10P2/c1-14(11-12-28-31(25,26)29-30(22,23)24)13-27-19(21)17-9-7-16(8-10-17)18(20)15-5-3-2-4-6-15/h2-11H,12-13H2,1H3,(H,25,26)(H2,22,23,24)/p-3/b14-11+. The molecule has 0 aliphatic rings. The molecule has 0 aromatic heterocycles. The molecule has 10 nitrogen and oxygen atoms in total. The van der Waals surface area contributed by atoms with Crippen molar-refractivity contribution in [2.75, 3.05) is 13.2 Å². The number of ketones is 1. The topological polar surface area (TPSA) is 165 Å². The lowest BCUT2D eigenvalue weighted by Crippen LogP contribution is -2.19. The van der Waals surface area contributed by atoms with Crippen LogP contribution in [0, 0.1) is 0 Å². The zero-order chi connectivity index (χ0) is 23.1. The summed E-state index contributed by atoms with van der Waals surface area (Å²) in [6, 6.07) is 14.5. The first kappa shape index (κ1) is 24.8. The fraction of sp³-hybridized carbons (Fsp3) is 0.158. The van der Waals surface area contributed by atoms with Crippen molar-refractivity contribution >= 4 is 27.4 Å². The van der Waals surface area contributed by atoms with E-state index in [4.69, 9.17) is 4.74 Å². The fourth-order valence-electron chi connectivity index (χ4n) is 2.25. The first-order valence-corrected chi connectivity index (χ1v) is 11.6. The molecule has 0 saturated carbocycles. The number of phosphoric ester groups is 1. The summed E-state index contributed by atoms with van der Waals surface area (Å²) in [6.07, 6.45) is 1.20. The van der Waals surface area contributed by atoms with Crippen LogP contribution in [0.2, 0.25) is 0 Å². The Morgan fingerprint density at radius 3 is 2.03 bits per heavy atom. The summed E-state index contributed by atoms with van der Waals surface area (Å²) in [6.45, 7) is 0.667. The Morgan fingerprint density at radius 2 is 1.45 bits per heavy atom. The van der Waals surface area contributed by atoms with Crippen molar-refractivity contribution < 1.29 is 47.0 Å². The predicted octanol–water partition coefficient (Wildman–Crippen LogP) is 1.35. The Morgan fingerprint density at radius 1 is 0.903 bits per heavy atom. The molecule has 12 heteroatoms. The molecule has 166 valence electrons. The Kier molecular flexibility index (Phi) is 8.61. The number of ether oxygens (including phenoxy) is 1. The Bertz CT molecular complexity index is 1040. The maximum atomic E-state index is 12.4. The van der Waals surface area contributed by atoms with E-state index in [-0.39, 0.29) is 18.0 Å². The van der Waals surface area contributed by atoms with Gasteiger partial charge in [0.25, 0.3) is 7.82 Å². The lowest BCUT2D eigenvalue weighted by atomic mass is 10.0. The van der Waals surface area contributed by atoms with Gasteiger partial charge in [-0.15, -0.1) is 0 Å². The van der Waals surface area contributed by atoms with E-state index in [1.165, 1.54) is 37.3 Å². The molecule has 0 bridgehead atoms. The third-order valence-electron chi connectivity index (χ3n) is 3.71. The molecule has 1 atom stereocenters. The molecular formula is C19H17O10P2-3. The number of rotatable bonds is 10. The highest BCUT2D eigenvalue weighted by Crippen LogP contribution is 2.50. The zero-order valence-corrected chi connectivity index (χ0v) is 18.0. The van der Waals surface area contributed by atoms with Gasteiger partial charge in [0.15, 0.2) is 5.78 Å². The van der Waals surface area contributed by atoms with Crippen molar-refractivity contribution in [3.8, 4) is 0 Å². The van der Waals surface area contributed by atoms with Crippen LogP contribution < -0.4 is 14.7 Å². The van der Waals surface area contributed by atoms with Gasteiger partial charge < -0.3 is 28.5 Å². The van der Waals surface area contributed by atoms with Crippen molar-refractivity contribution in [3.05, 3.63) is 82.9 Å². The number of benzene rings is 2. The minimum atomic E-state index is -5.75. The number of hydrogen-bond acceptors (Lipinski definition) is 10. The highest BCUT2D eigenvalue weighted by molar-refractivity contribution is 7.58. The Labute approximate surface area is 177 Å². The normalized spacial score (nSPS) is 14.0. The van der Waals surface area contributed by atoms with Crippen molar-refractivity contribution in [2.24, 2.45) is 0 Å². The predicted molar refractivity (Wildman–Crippen MR) is 103 cm³/mol. The number of phosphoric acid groups is 2. The summed E-state index contributed by atoms with van der Waals surface area (Å²) < 4.78 is 34.0. The summed E-state index contributed by atoms with van der Waals surface area (Å²) in [5.74, 6) is -0.867. The number of hydrogen-bond donors (Lipinski definition) is 0. The van der Waals surface area contributed by atoms with E-state index in [0.29, 0.717) is 16.7 Å². The summed E-state index contributed by atoms with van der Waals surface area (Å²) in [7, 11) is -11.1. The summed E-state index contributed by atoms with van der Waals surface area (Å²) >= 11 is 0. The molecule has 31 heavy (non-hydrogen) atoms. The maximum Gasteiger partial charge on any atom is 0.338 e. The molecule has 0 heterocycles. The van der Waals surface area contributed by atoms with Crippen LogP contribution in [0.4, 0.5) is 0 Å². The van der Waals surface area contributed by atoms with Gasteiger partial charge in [-0.25, -0.2) is 4.79 Å². The summed E-state index contributed by atoms with van der Waals surface area (Å²) in [5, 5.41) is 0. The minimum Gasteiger partial charge on any atom is -0.790 e. The molecule has 1 unspecified atom stereocenters. The minimum absolute atomic E-state index is 0.191. The molecule has 0 aliphatic heterocycles. The van der Waals surface area contributed by atoms with E-state index in [1.807, 2.05) is 0 Å². The summed E-state index contributed by atoms with van der Waals surface area (Å²) in [5.41, 5.74) is 1.51. The van der Waals surface area contributed by atoms with Crippen LogP contribution in [0.1, 0.15) is 33.2 Å². The van der Waals surface area contributed by atoms with Crippen LogP contribution in [0.15, 0.2) is 66.2 Å². The molecule has 0 radical (unpaired) electrons.